The number of aromatic nitrogens is 2. The molecule has 1 aromatic heterocycles. The fraction of sp³-hybridized carbons (Fsp3) is 0.571. The summed E-state index contributed by atoms with van der Waals surface area (Å²) in [5, 5.41) is 14.7. The van der Waals surface area contributed by atoms with Crippen LogP contribution in [0.2, 0.25) is 0 Å². The normalized spacial score (nSPS) is 22.1. The Hall–Kier alpha value is -2.85. The molecule has 1 unspecified atom stereocenters. The Balaban J connectivity index is 1.11. The molecule has 1 atom stereocenters. The number of piperidine rings is 1. The Morgan fingerprint density at radius 2 is 2.00 bits per heavy atom. The summed E-state index contributed by atoms with van der Waals surface area (Å²) in [7, 11) is 0. The van der Waals surface area contributed by atoms with Crippen LogP contribution < -0.4 is 19.3 Å². The van der Waals surface area contributed by atoms with E-state index in [1.807, 2.05) is 11.0 Å². The number of amides is 1. The molecule has 0 N–H and O–H groups in total. The first kappa shape index (κ1) is 20.1. The highest BCUT2D eigenvalue weighted by atomic mass is 16.7. The first-order chi connectivity index (χ1) is 15.1. The standard InChI is InChI=1S/C21H27N5O5/c27-20(13-26-14-21(28)31-22-26)25-5-1-2-17(12-25)24-8-6-23(7-9-24)11-16-3-4-18-19(10-16)30-15-29-18/h3-4,10,14,17H,1-2,5-9,11-13,15H2. The highest BCUT2D eigenvalue weighted by Gasteiger charge is 2.31. The summed E-state index contributed by atoms with van der Waals surface area (Å²) < 4.78 is 16.6. The van der Waals surface area contributed by atoms with Crippen molar-refractivity contribution in [3.63, 3.8) is 0 Å². The molecule has 2 aromatic rings. The van der Waals surface area contributed by atoms with Gasteiger partial charge in [0, 0.05) is 51.9 Å². The summed E-state index contributed by atoms with van der Waals surface area (Å²) in [6.07, 6.45) is 3.30. The summed E-state index contributed by atoms with van der Waals surface area (Å²) in [6, 6.07) is 6.54. The Kier molecular flexibility index (Phi) is 5.65. The van der Waals surface area contributed by atoms with Gasteiger partial charge >= 0.3 is 0 Å². The lowest BCUT2D eigenvalue weighted by molar-refractivity contribution is -0.751. The smallest absolute Gasteiger partial charge is 0.291 e. The van der Waals surface area contributed by atoms with Gasteiger partial charge in [0.25, 0.3) is 12.5 Å². The van der Waals surface area contributed by atoms with Gasteiger partial charge in [0.05, 0.1) is 5.27 Å². The van der Waals surface area contributed by atoms with Crippen molar-refractivity contribution in [1.82, 2.24) is 20.0 Å². The molecule has 0 radical (unpaired) electrons. The molecule has 1 aromatic carbocycles. The van der Waals surface area contributed by atoms with E-state index in [1.54, 1.807) is 0 Å². The fourth-order valence-corrected chi connectivity index (χ4v) is 4.64. The van der Waals surface area contributed by atoms with E-state index < -0.39 is 5.95 Å². The van der Waals surface area contributed by atoms with E-state index >= 15 is 0 Å². The zero-order valence-electron chi connectivity index (χ0n) is 17.4. The third-order valence-corrected chi connectivity index (χ3v) is 6.30. The lowest BCUT2D eigenvalue weighted by atomic mass is 10.0. The van der Waals surface area contributed by atoms with Crippen LogP contribution in [0.3, 0.4) is 0 Å². The molecule has 10 heteroatoms. The van der Waals surface area contributed by atoms with Gasteiger partial charge < -0.3 is 24.0 Å². The number of likely N-dealkylation sites (tertiary alicyclic amines) is 1. The zero-order chi connectivity index (χ0) is 21.2. The van der Waals surface area contributed by atoms with Gasteiger partial charge in [-0.15, -0.1) is 0 Å². The van der Waals surface area contributed by atoms with Crippen molar-refractivity contribution in [1.29, 1.82) is 0 Å². The van der Waals surface area contributed by atoms with E-state index in [4.69, 9.17) is 9.47 Å². The van der Waals surface area contributed by atoms with Crippen LogP contribution in [0.25, 0.3) is 0 Å². The molecular weight excluding hydrogens is 402 g/mol. The SMILES string of the molecule is O=C(C[n+]1cc([O-])on1)N1CCCC(N2CCN(Cc3ccc4c(c3)OCO4)CC2)C1. The highest BCUT2D eigenvalue weighted by molar-refractivity contribution is 5.74. The number of carbonyl (C=O) groups is 1. The van der Waals surface area contributed by atoms with Gasteiger partial charge in [-0.3, -0.25) is 14.6 Å². The van der Waals surface area contributed by atoms with Crippen molar-refractivity contribution >= 4 is 5.91 Å². The van der Waals surface area contributed by atoms with Gasteiger partial charge in [-0.2, -0.15) is 0 Å². The predicted octanol–water partition coefficient (Wildman–Crippen LogP) is -0.427. The zero-order valence-corrected chi connectivity index (χ0v) is 17.4. The molecule has 3 aliphatic rings. The second kappa shape index (κ2) is 8.72. The van der Waals surface area contributed by atoms with E-state index in [1.165, 1.54) is 16.4 Å². The number of rotatable bonds is 5. The minimum absolute atomic E-state index is 0.0237. The third-order valence-electron chi connectivity index (χ3n) is 6.30. The Morgan fingerprint density at radius 3 is 2.81 bits per heavy atom. The summed E-state index contributed by atoms with van der Waals surface area (Å²) in [6.45, 7) is 6.71. The van der Waals surface area contributed by atoms with E-state index in [0.717, 1.165) is 70.2 Å². The van der Waals surface area contributed by atoms with Gasteiger partial charge in [0.2, 0.25) is 13.0 Å². The average molecular weight is 429 g/mol. The minimum atomic E-state index is -0.539. The second-order valence-corrected chi connectivity index (χ2v) is 8.35. The molecule has 0 aliphatic carbocycles. The van der Waals surface area contributed by atoms with E-state index in [0.29, 0.717) is 12.8 Å². The minimum Gasteiger partial charge on any atom is -0.539 e. The molecule has 0 bridgehead atoms. The van der Waals surface area contributed by atoms with Crippen LogP contribution in [-0.2, 0) is 17.9 Å². The number of benzene rings is 1. The van der Waals surface area contributed by atoms with Crippen molar-refractivity contribution in [3.8, 4) is 17.4 Å². The number of fused-ring (bicyclic) bond motifs is 1. The summed E-state index contributed by atoms with van der Waals surface area (Å²) in [5.41, 5.74) is 1.23. The Bertz CT molecular complexity index is 927. The maximum atomic E-state index is 12.6. The summed E-state index contributed by atoms with van der Waals surface area (Å²) in [4.78, 5) is 19.5. The number of hydrogen-bond donors (Lipinski definition) is 0. The fourth-order valence-electron chi connectivity index (χ4n) is 4.64. The van der Waals surface area contributed by atoms with Crippen molar-refractivity contribution in [2.45, 2.75) is 32.0 Å². The lowest BCUT2D eigenvalue weighted by Crippen LogP contribution is -2.57. The number of piperazine rings is 1. The largest absolute Gasteiger partial charge is 0.539 e. The summed E-state index contributed by atoms with van der Waals surface area (Å²) >= 11 is 0. The lowest BCUT2D eigenvalue weighted by Gasteiger charge is -2.43. The first-order valence-corrected chi connectivity index (χ1v) is 10.8. The number of ether oxygens (including phenoxy) is 2. The van der Waals surface area contributed by atoms with Crippen LogP contribution in [0.1, 0.15) is 18.4 Å². The molecule has 0 spiro atoms. The molecule has 31 heavy (non-hydrogen) atoms. The second-order valence-electron chi connectivity index (χ2n) is 8.35. The van der Waals surface area contributed by atoms with Gasteiger partial charge in [0.15, 0.2) is 11.5 Å². The van der Waals surface area contributed by atoms with Crippen LogP contribution >= 0.6 is 0 Å². The van der Waals surface area contributed by atoms with Gasteiger partial charge in [-0.05, 0) is 30.5 Å². The van der Waals surface area contributed by atoms with Gasteiger partial charge in [0.1, 0.15) is 5.95 Å². The highest BCUT2D eigenvalue weighted by Crippen LogP contribution is 2.33. The quantitative estimate of drug-likeness (QED) is 0.591. The van der Waals surface area contributed by atoms with Crippen LogP contribution in [-0.4, -0.2) is 78.0 Å². The molecule has 1 amide bonds. The van der Waals surface area contributed by atoms with Crippen molar-refractivity contribution in [2.75, 3.05) is 46.1 Å². The molecule has 5 rings (SSSR count). The summed E-state index contributed by atoms with van der Waals surface area (Å²) in [5.74, 6) is 1.09. The monoisotopic (exact) mass is 429 g/mol. The Labute approximate surface area is 180 Å². The molecule has 2 fully saturated rings. The van der Waals surface area contributed by atoms with E-state index in [2.05, 4.69) is 31.7 Å². The third kappa shape index (κ3) is 4.59. The molecule has 10 nitrogen and oxygen atoms in total. The molecule has 4 heterocycles. The van der Waals surface area contributed by atoms with Gasteiger partial charge in [-0.25, -0.2) is 0 Å². The van der Waals surface area contributed by atoms with Crippen LogP contribution in [0, 0.1) is 0 Å². The first-order valence-electron chi connectivity index (χ1n) is 10.8. The van der Waals surface area contributed by atoms with E-state index in [9.17, 15) is 9.90 Å². The van der Waals surface area contributed by atoms with Crippen LogP contribution in [0.15, 0.2) is 28.9 Å². The maximum Gasteiger partial charge on any atom is 0.291 e. The number of hydrogen-bond acceptors (Lipinski definition) is 8. The van der Waals surface area contributed by atoms with Crippen molar-refractivity contribution in [2.24, 2.45) is 0 Å². The molecule has 2 saturated heterocycles. The average Bonchev–Trinajstić information content (AvgIpc) is 3.42. The topological polar surface area (TPSA) is 98.2 Å². The van der Waals surface area contributed by atoms with Crippen LogP contribution in [0.5, 0.6) is 17.4 Å². The number of carbonyl (C=O) groups excluding carboxylic acids is 1. The molecule has 0 saturated carbocycles. The molecule has 3 aliphatic heterocycles. The molecular formula is C21H27N5O5. The Morgan fingerprint density at radius 1 is 1.16 bits per heavy atom. The van der Waals surface area contributed by atoms with Crippen LogP contribution in [0.4, 0.5) is 0 Å². The number of nitrogens with zero attached hydrogens (tertiary/aromatic N) is 5. The maximum absolute atomic E-state index is 12.6. The van der Waals surface area contributed by atoms with Crippen molar-refractivity contribution in [3.05, 3.63) is 30.0 Å². The van der Waals surface area contributed by atoms with Gasteiger partial charge in [-0.1, -0.05) is 10.7 Å². The predicted molar refractivity (Wildman–Crippen MR) is 105 cm³/mol. The van der Waals surface area contributed by atoms with E-state index in [-0.39, 0.29) is 12.5 Å². The van der Waals surface area contributed by atoms with Crippen molar-refractivity contribution < 1.29 is 28.6 Å². The molecule has 166 valence electrons.